The number of hydrogen-bond acceptors (Lipinski definition) is 3. The van der Waals surface area contributed by atoms with Gasteiger partial charge in [-0.3, -0.25) is 9.69 Å². The molecule has 0 bridgehead atoms. The summed E-state index contributed by atoms with van der Waals surface area (Å²) in [5, 5.41) is 4.07. The molecule has 22 heavy (non-hydrogen) atoms. The van der Waals surface area contributed by atoms with E-state index in [1.54, 1.807) is 0 Å². The molecule has 1 saturated heterocycles. The van der Waals surface area contributed by atoms with Crippen molar-refractivity contribution in [1.29, 1.82) is 0 Å². The van der Waals surface area contributed by atoms with Crippen LogP contribution in [0.5, 0.6) is 0 Å². The van der Waals surface area contributed by atoms with E-state index in [1.807, 2.05) is 23.1 Å². The van der Waals surface area contributed by atoms with Crippen molar-refractivity contribution in [2.24, 2.45) is 5.92 Å². The minimum Gasteiger partial charge on any atom is -0.339 e. The zero-order valence-corrected chi connectivity index (χ0v) is 13.7. The van der Waals surface area contributed by atoms with Crippen molar-refractivity contribution in [2.75, 3.05) is 39.3 Å². The average Bonchev–Trinajstić information content (AvgIpc) is 3.32. The summed E-state index contributed by atoms with van der Waals surface area (Å²) < 4.78 is 0. The average molecular weight is 322 g/mol. The fourth-order valence-corrected chi connectivity index (χ4v) is 3.08. The van der Waals surface area contributed by atoms with Crippen molar-refractivity contribution in [1.82, 2.24) is 15.1 Å². The fourth-order valence-electron chi connectivity index (χ4n) is 2.87. The number of nitrogens with zero attached hydrogens (tertiary/aromatic N) is 2. The smallest absolute Gasteiger partial charge is 0.236 e. The Labute approximate surface area is 137 Å². The van der Waals surface area contributed by atoms with E-state index in [4.69, 9.17) is 11.6 Å². The summed E-state index contributed by atoms with van der Waals surface area (Å²) in [5.74, 6) is 1.06. The summed E-state index contributed by atoms with van der Waals surface area (Å²) in [7, 11) is 0. The quantitative estimate of drug-likeness (QED) is 0.870. The van der Waals surface area contributed by atoms with Gasteiger partial charge in [-0.15, -0.1) is 0 Å². The monoisotopic (exact) mass is 321 g/mol. The van der Waals surface area contributed by atoms with Crippen LogP contribution < -0.4 is 5.32 Å². The normalized spacial score (nSPS) is 19.4. The maximum Gasteiger partial charge on any atom is 0.236 e. The van der Waals surface area contributed by atoms with E-state index in [0.29, 0.717) is 6.54 Å². The highest BCUT2D eigenvalue weighted by molar-refractivity contribution is 6.30. The molecule has 1 saturated carbocycles. The molecule has 0 atom stereocenters. The Hall–Kier alpha value is -1.10. The van der Waals surface area contributed by atoms with Gasteiger partial charge in [-0.1, -0.05) is 23.7 Å². The maximum atomic E-state index is 12.1. The summed E-state index contributed by atoms with van der Waals surface area (Å²) >= 11 is 6.02. The van der Waals surface area contributed by atoms with E-state index in [2.05, 4.69) is 16.3 Å². The van der Waals surface area contributed by atoms with E-state index in [1.165, 1.54) is 18.4 Å². The second kappa shape index (κ2) is 7.44. The van der Waals surface area contributed by atoms with Gasteiger partial charge in [-0.25, -0.2) is 0 Å². The van der Waals surface area contributed by atoms with E-state index < -0.39 is 0 Å². The predicted molar refractivity (Wildman–Crippen MR) is 88.9 cm³/mol. The lowest BCUT2D eigenvalue weighted by molar-refractivity contribution is -0.132. The molecule has 1 aliphatic carbocycles. The summed E-state index contributed by atoms with van der Waals surface area (Å²) in [6.07, 6.45) is 2.65. The van der Waals surface area contributed by atoms with E-state index in [0.717, 1.165) is 50.2 Å². The molecule has 1 amide bonds. The number of hydrogen-bond donors (Lipinski definition) is 1. The molecule has 1 aromatic rings. The lowest BCUT2D eigenvalue weighted by Gasteiger charge is -2.34. The Morgan fingerprint density at radius 3 is 2.68 bits per heavy atom. The van der Waals surface area contributed by atoms with Gasteiger partial charge in [-0.05, 0) is 43.0 Å². The lowest BCUT2D eigenvalue weighted by Crippen LogP contribution is -2.50. The number of nitrogens with one attached hydrogen (secondary N) is 1. The molecule has 5 heteroatoms. The molecular formula is C17H24ClN3O. The van der Waals surface area contributed by atoms with E-state index in [-0.39, 0.29) is 5.91 Å². The molecule has 0 aromatic heterocycles. The Bertz CT molecular complexity index is 510. The predicted octanol–water partition coefficient (Wildman–Crippen LogP) is 1.98. The first kappa shape index (κ1) is 15.8. The molecule has 1 aromatic carbocycles. The van der Waals surface area contributed by atoms with Crippen LogP contribution in [0.2, 0.25) is 5.02 Å². The standard InChI is InChI=1S/C17H24ClN3O/c18-16-3-1-2-15(10-16)13-20-6-8-21(9-7-20)17(22)12-19-11-14-4-5-14/h1-3,10,14,19H,4-9,11-13H2. The minimum atomic E-state index is 0.239. The highest BCUT2D eigenvalue weighted by atomic mass is 35.5. The van der Waals surface area contributed by atoms with Crippen LogP contribution in [-0.2, 0) is 11.3 Å². The van der Waals surface area contributed by atoms with Crippen molar-refractivity contribution in [3.63, 3.8) is 0 Å². The highest BCUT2D eigenvalue weighted by Crippen LogP contribution is 2.27. The van der Waals surface area contributed by atoms with Crippen LogP contribution in [0.15, 0.2) is 24.3 Å². The summed E-state index contributed by atoms with van der Waals surface area (Å²) in [6.45, 7) is 5.91. The van der Waals surface area contributed by atoms with Crippen molar-refractivity contribution < 1.29 is 4.79 Å². The first-order valence-electron chi connectivity index (χ1n) is 8.16. The number of halogens is 1. The first-order valence-corrected chi connectivity index (χ1v) is 8.54. The van der Waals surface area contributed by atoms with Gasteiger partial charge >= 0.3 is 0 Å². The van der Waals surface area contributed by atoms with Gasteiger partial charge in [0.2, 0.25) is 5.91 Å². The van der Waals surface area contributed by atoms with Gasteiger partial charge in [0.25, 0.3) is 0 Å². The van der Waals surface area contributed by atoms with Crippen molar-refractivity contribution in [3.8, 4) is 0 Å². The van der Waals surface area contributed by atoms with Gasteiger partial charge in [0.15, 0.2) is 0 Å². The van der Waals surface area contributed by atoms with Crippen LogP contribution in [0, 0.1) is 5.92 Å². The zero-order valence-electron chi connectivity index (χ0n) is 12.9. The van der Waals surface area contributed by atoms with Gasteiger partial charge in [0, 0.05) is 37.7 Å². The Kier molecular flexibility index (Phi) is 5.34. The minimum absolute atomic E-state index is 0.239. The topological polar surface area (TPSA) is 35.6 Å². The Morgan fingerprint density at radius 2 is 2.00 bits per heavy atom. The van der Waals surface area contributed by atoms with Crippen LogP contribution in [0.1, 0.15) is 18.4 Å². The van der Waals surface area contributed by atoms with Crippen LogP contribution in [0.25, 0.3) is 0 Å². The van der Waals surface area contributed by atoms with Gasteiger partial charge in [0.1, 0.15) is 0 Å². The molecule has 120 valence electrons. The summed E-state index contributed by atoms with van der Waals surface area (Å²) in [5.41, 5.74) is 1.23. The lowest BCUT2D eigenvalue weighted by atomic mass is 10.2. The second-order valence-corrected chi connectivity index (χ2v) is 6.80. The van der Waals surface area contributed by atoms with Gasteiger partial charge in [-0.2, -0.15) is 0 Å². The number of piperazine rings is 1. The van der Waals surface area contributed by atoms with Crippen molar-refractivity contribution >= 4 is 17.5 Å². The molecule has 4 nitrogen and oxygen atoms in total. The second-order valence-electron chi connectivity index (χ2n) is 6.36. The zero-order chi connectivity index (χ0) is 15.4. The first-order chi connectivity index (χ1) is 10.7. The number of rotatable bonds is 6. The van der Waals surface area contributed by atoms with E-state index in [9.17, 15) is 4.79 Å². The third-order valence-electron chi connectivity index (χ3n) is 4.43. The molecule has 1 aliphatic heterocycles. The number of carbonyl (C=O) groups is 1. The fraction of sp³-hybridized carbons (Fsp3) is 0.588. The molecular weight excluding hydrogens is 298 g/mol. The van der Waals surface area contributed by atoms with Gasteiger partial charge in [0.05, 0.1) is 6.54 Å². The molecule has 0 unspecified atom stereocenters. The number of carbonyl (C=O) groups excluding carboxylic acids is 1. The van der Waals surface area contributed by atoms with Crippen LogP contribution in [-0.4, -0.2) is 55.0 Å². The molecule has 1 N–H and O–H groups in total. The Balaban J connectivity index is 1.38. The van der Waals surface area contributed by atoms with Crippen molar-refractivity contribution in [3.05, 3.63) is 34.9 Å². The SMILES string of the molecule is O=C(CNCC1CC1)N1CCN(Cc2cccc(Cl)c2)CC1. The van der Waals surface area contributed by atoms with Crippen LogP contribution in [0.4, 0.5) is 0 Å². The molecule has 0 spiro atoms. The summed E-state index contributed by atoms with van der Waals surface area (Å²) in [4.78, 5) is 16.5. The number of amides is 1. The molecule has 0 radical (unpaired) electrons. The van der Waals surface area contributed by atoms with E-state index >= 15 is 0 Å². The molecule has 3 rings (SSSR count). The maximum absolute atomic E-state index is 12.1. The van der Waals surface area contributed by atoms with Crippen molar-refractivity contribution in [2.45, 2.75) is 19.4 Å². The molecule has 2 fully saturated rings. The van der Waals surface area contributed by atoms with Crippen LogP contribution in [0.3, 0.4) is 0 Å². The van der Waals surface area contributed by atoms with Gasteiger partial charge < -0.3 is 10.2 Å². The third-order valence-corrected chi connectivity index (χ3v) is 4.66. The molecule has 1 heterocycles. The number of benzene rings is 1. The largest absolute Gasteiger partial charge is 0.339 e. The summed E-state index contributed by atoms with van der Waals surface area (Å²) in [6, 6.07) is 8.01. The Morgan fingerprint density at radius 1 is 1.23 bits per heavy atom. The van der Waals surface area contributed by atoms with Crippen LogP contribution >= 0.6 is 11.6 Å². The third kappa shape index (κ3) is 4.70. The highest BCUT2D eigenvalue weighted by Gasteiger charge is 2.23. The molecule has 2 aliphatic rings.